The topological polar surface area (TPSA) is 16.1 Å². The molecule has 0 radical (unpaired) electrons. The molecule has 0 amide bonds. The minimum Gasteiger partial charge on any atom is -0.329 e. The van der Waals surface area contributed by atoms with E-state index in [1.165, 1.54) is 12.0 Å². The van der Waals surface area contributed by atoms with Crippen molar-refractivity contribution < 1.29 is 0 Å². The second kappa shape index (κ2) is 6.01. The molecule has 0 aliphatic carbocycles. The van der Waals surface area contributed by atoms with E-state index < -0.39 is 0 Å². The van der Waals surface area contributed by atoms with Crippen LogP contribution in [-0.4, -0.2) is 12.0 Å². The monoisotopic (exact) mass is 304 g/mol. The third kappa shape index (κ3) is 3.10. The number of nitrogens with zero attached hydrogens (tertiary/aromatic N) is 2. The van der Waals surface area contributed by atoms with Gasteiger partial charge in [0.1, 0.15) is 5.82 Å². The maximum absolute atomic E-state index is 4.39. The molecule has 2 aromatic rings. The summed E-state index contributed by atoms with van der Waals surface area (Å²) in [5.41, 5.74) is 2.54. The molecule has 0 bridgehead atoms. The van der Waals surface area contributed by atoms with Crippen LogP contribution in [0.2, 0.25) is 0 Å². The first-order chi connectivity index (χ1) is 8.70. The molecule has 2 nitrogen and oxygen atoms in total. The molecular weight excluding hydrogens is 288 g/mol. The molecule has 0 saturated carbocycles. The molecule has 18 heavy (non-hydrogen) atoms. The highest BCUT2D eigenvalue weighted by Crippen LogP contribution is 2.23. The normalized spacial score (nSPS) is 10.4. The standard InChI is InChI=1S/C15H17BrN2/c1-3-4-12-5-8-14(9-6-12)18(2)15-10-7-13(16)11-17-15/h5-11H,3-4H2,1-2H3. The summed E-state index contributed by atoms with van der Waals surface area (Å²) in [5, 5.41) is 0. The molecule has 0 N–H and O–H groups in total. The highest BCUT2D eigenvalue weighted by Gasteiger charge is 2.04. The van der Waals surface area contributed by atoms with Crippen LogP contribution in [0.5, 0.6) is 0 Å². The lowest BCUT2D eigenvalue weighted by Gasteiger charge is -2.18. The molecule has 0 aliphatic heterocycles. The van der Waals surface area contributed by atoms with Crippen LogP contribution >= 0.6 is 15.9 Å². The van der Waals surface area contributed by atoms with E-state index in [0.717, 1.165) is 22.4 Å². The molecule has 1 heterocycles. The molecule has 0 fully saturated rings. The first-order valence-electron chi connectivity index (χ1n) is 6.15. The van der Waals surface area contributed by atoms with Crippen molar-refractivity contribution in [3.05, 3.63) is 52.6 Å². The summed E-state index contributed by atoms with van der Waals surface area (Å²) in [6, 6.07) is 12.7. The van der Waals surface area contributed by atoms with Crippen LogP contribution in [0.25, 0.3) is 0 Å². The van der Waals surface area contributed by atoms with Crippen molar-refractivity contribution in [2.45, 2.75) is 19.8 Å². The van der Waals surface area contributed by atoms with E-state index >= 15 is 0 Å². The second-order valence-corrected chi connectivity index (χ2v) is 5.23. The van der Waals surface area contributed by atoms with Gasteiger partial charge in [-0.25, -0.2) is 4.98 Å². The lowest BCUT2D eigenvalue weighted by molar-refractivity contribution is 0.921. The van der Waals surface area contributed by atoms with Crippen LogP contribution in [0.1, 0.15) is 18.9 Å². The van der Waals surface area contributed by atoms with Crippen LogP contribution in [0, 0.1) is 0 Å². The Morgan fingerprint density at radius 2 is 1.83 bits per heavy atom. The molecule has 0 saturated heterocycles. The van der Waals surface area contributed by atoms with Crippen molar-refractivity contribution in [2.75, 3.05) is 11.9 Å². The maximum atomic E-state index is 4.39. The summed E-state index contributed by atoms with van der Waals surface area (Å²) in [6.45, 7) is 2.20. The van der Waals surface area contributed by atoms with E-state index in [1.807, 2.05) is 25.4 Å². The lowest BCUT2D eigenvalue weighted by Crippen LogP contribution is -2.10. The molecule has 0 atom stereocenters. The SMILES string of the molecule is CCCc1ccc(N(C)c2ccc(Br)cn2)cc1. The molecule has 0 aliphatic rings. The van der Waals surface area contributed by atoms with Crippen molar-refractivity contribution in [3.8, 4) is 0 Å². The van der Waals surface area contributed by atoms with Crippen LogP contribution in [-0.2, 0) is 6.42 Å². The lowest BCUT2D eigenvalue weighted by atomic mass is 10.1. The van der Waals surface area contributed by atoms with E-state index in [9.17, 15) is 0 Å². The smallest absolute Gasteiger partial charge is 0.132 e. The Labute approximate surface area is 117 Å². The van der Waals surface area contributed by atoms with Crippen molar-refractivity contribution >= 4 is 27.4 Å². The van der Waals surface area contributed by atoms with Gasteiger partial charge in [-0.2, -0.15) is 0 Å². The largest absolute Gasteiger partial charge is 0.329 e. The first kappa shape index (κ1) is 13.1. The van der Waals surface area contributed by atoms with Gasteiger partial charge in [-0.3, -0.25) is 0 Å². The molecule has 3 heteroatoms. The summed E-state index contributed by atoms with van der Waals surface area (Å²) in [4.78, 5) is 6.48. The number of aromatic nitrogens is 1. The van der Waals surface area contributed by atoms with E-state index in [0.29, 0.717) is 0 Å². The predicted molar refractivity (Wildman–Crippen MR) is 80.4 cm³/mol. The minimum atomic E-state index is 0.946. The van der Waals surface area contributed by atoms with Gasteiger partial charge in [0.25, 0.3) is 0 Å². The van der Waals surface area contributed by atoms with E-state index in [2.05, 4.69) is 57.0 Å². The van der Waals surface area contributed by atoms with Gasteiger partial charge in [-0.1, -0.05) is 25.5 Å². The van der Waals surface area contributed by atoms with Gasteiger partial charge in [0.05, 0.1) is 0 Å². The van der Waals surface area contributed by atoms with Crippen LogP contribution in [0.4, 0.5) is 11.5 Å². The van der Waals surface area contributed by atoms with Crippen LogP contribution in [0.15, 0.2) is 47.1 Å². The summed E-state index contributed by atoms with van der Waals surface area (Å²) in [7, 11) is 2.03. The fourth-order valence-electron chi connectivity index (χ4n) is 1.87. The third-order valence-corrected chi connectivity index (χ3v) is 3.39. The quantitative estimate of drug-likeness (QED) is 0.823. The minimum absolute atomic E-state index is 0.946. The Bertz CT molecular complexity index is 491. The zero-order valence-corrected chi connectivity index (χ0v) is 12.3. The van der Waals surface area contributed by atoms with Gasteiger partial charge in [0.2, 0.25) is 0 Å². The van der Waals surface area contributed by atoms with Gasteiger partial charge in [-0.05, 0) is 52.2 Å². The molecule has 1 aromatic carbocycles. The number of aryl methyl sites for hydroxylation is 1. The molecule has 0 spiro atoms. The van der Waals surface area contributed by atoms with Gasteiger partial charge >= 0.3 is 0 Å². The Hall–Kier alpha value is -1.35. The van der Waals surface area contributed by atoms with E-state index in [4.69, 9.17) is 0 Å². The predicted octanol–water partition coefficient (Wildman–Crippen LogP) is 4.56. The summed E-state index contributed by atoms with van der Waals surface area (Å²) < 4.78 is 0.998. The average molecular weight is 305 g/mol. The second-order valence-electron chi connectivity index (χ2n) is 4.31. The number of benzene rings is 1. The maximum Gasteiger partial charge on any atom is 0.132 e. The number of anilines is 2. The Kier molecular flexibility index (Phi) is 4.37. The van der Waals surface area contributed by atoms with Gasteiger partial charge < -0.3 is 4.90 Å². The van der Waals surface area contributed by atoms with Gasteiger partial charge in [0, 0.05) is 23.4 Å². The Morgan fingerprint density at radius 3 is 2.39 bits per heavy atom. The molecule has 94 valence electrons. The zero-order chi connectivity index (χ0) is 13.0. The number of rotatable bonds is 4. The van der Waals surface area contributed by atoms with E-state index in [-0.39, 0.29) is 0 Å². The number of halogens is 1. The van der Waals surface area contributed by atoms with Crippen molar-refractivity contribution in [1.29, 1.82) is 0 Å². The zero-order valence-electron chi connectivity index (χ0n) is 10.7. The number of hydrogen-bond donors (Lipinski definition) is 0. The van der Waals surface area contributed by atoms with Gasteiger partial charge in [0.15, 0.2) is 0 Å². The van der Waals surface area contributed by atoms with Crippen molar-refractivity contribution in [3.63, 3.8) is 0 Å². The fraction of sp³-hybridized carbons (Fsp3) is 0.267. The third-order valence-electron chi connectivity index (χ3n) is 2.92. The highest BCUT2D eigenvalue weighted by atomic mass is 79.9. The molecular formula is C15H17BrN2. The van der Waals surface area contributed by atoms with Crippen LogP contribution in [0.3, 0.4) is 0 Å². The Morgan fingerprint density at radius 1 is 1.11 bits per heavy atom. The number of pyridine rings is 1. The highest BCUT2D eigenvalue weighted by molar-refractivity contribution is 9.10. The number of hydrogen-bond acceptors (Lipinski definition) is 2. The molecule has 2 rings (SSSR count). The first-order valence-corrected chi connectivity index (χ1v) is 6.94. The fourth-order valence-corrected chi connectivity index (χ4v) is 2.11. The average Bonchev–Trinajstić information content (AvgIpc) is 2.40. The molecule has 0 unspecified atom stereocenters. The van der Waals surface area contributed by atoms with Crippen molar-refractivity contribution in [1.82, 2.24) is 4.98 Å². The summed E-state index contributed by atoms with van der Waals surface area (Å²) in [6.07, 6.45) is 4.14. The van der Waals surface area contributed by atoms with Gasteiger partial charge in [-0.15, -0.1) is 0 Å². The molecule has 1 aromatic heterocycles. The van der Waals surface area contributed by atoms with E-state index in [1.54, 1.807) is 0 Å². The van der Waals surface area contributed by atoms with Crippen LogP contribution < -0.4 is 4.90 Å². The summed E-state index contributed by atoms with van der Waals surface area (Å²) in [5.74, 6) is 0.946. The summed E-state index contributed by atoms with van der Waals surface area (Å²) >= 11 is 3.40. The Balaban J connectivity index is 2.17. The van der Waals surface area contributed by atoms with Crippen molar-refractivity contribution in [2.24, 2.45) is 0 Å².